The maximum Gasteiger partial charge on any atom is 0.251 e. The Labute approximate surface area is 209 Å². The maximum atomic E-state index is 12.9. The van der Waals surface area contributed by atoms with Crippen molar-refractivity contribution in [3.05, 3.63) is 132 Å². The minimum absolute atomic E-state index is 0.0518. The summed E-state index contributed by atoms with van der Waals surface area (Å²) in [6.07, 6.45) is 1.75. The van der Waals surface area contributed by atoms with E-state index in [1.807, 2.05) is 72.8 Å². The Morgan fingerprint density at radius 1 is 0.722 bits per heavy atom. The summed E-state index contributed by atoms with van der Waals surface area (Å²) in [5.74, 6) is -0.527. The second kappa shape index (κ2) is 10.7. The predicted octanol–water partition coefficient (Wildman–Crippen LogP) is 6.00. The van der Waals surface area contributed by atoms with Gasteiger partial charge in [0.05, 0.1) is 18.7 Å². The first-order valence-corrected chi connectivity index (χ1v) is 11.8. The molecule has 36 heavy (non-hydrogen) atoms. The first-order valence-electron chi connectivity index (χ1n) is 11.8. The molecule has 0 aliphatic carbocycles. The van der Waals surface area contributed by atoms with Crippen LogP contribution in [-0.2, 0) is 4.79 Å². The van der Waals surface area contributed by atoms with Crippen LogP contribution in [0, 0.1) is 0 Å². The number of fused-ring (bicyclic) bond motifs is 2. The number of amides is 2. The Bertz CT molecular complexity index is 1490. The highest BCUT2D eigenvalue weighted by molar-refractivity contribution is 6.13. The van der Waals surface area contributed by atoms with E-state index in [1.54, 1.807) is 18.3 Å². The number of hydrogen-bond donors (Lipinski definition) is 2. The molecular formula is C31H25N3O2. The molecule has 0 heterocycles. The van der Waals surface area contributed by atoms with E-state index in [9.17, 15) is 9.59 Å². The molecule has 1 atom stereocenters. The van der Waals surface area contributed by atoms with E-state index in [1.165, 1.54) is 0 Å². The lowest BCUT2D eigenvalue weighted by Crippen LogP contribution is -2.32. The molecule has 0 saturated heterocycles. The third-order valence-electron chi connectivity index (χ3n) is 6.13. The molecule has 0 spiro atoms. The van der Waals surface area contributed by atoms with Crippen molar-refractivity contribution in [1.82, 2.24) is 10.7 Å². The molecule has 0 unspecified atom stereocenters. The van der Waals surface area contributed by atoms with Crippen LogP contribution in [0.4, 0.5) is 0 Å². The van der Waals surface area contributed by atoms with E-state index in [4.69, 9.17) is 0 Å². The average molecular weight is 472 g/mol. The Kier molecular flexibility index (Phi) is 6.81. The second-order valence-electron chi connectivity index (χ2n) is 8.53. The number of carbonyl (C=O) groups excluding carboxylic acids is 2. The molecule has 0 aliphatic rings. The Morgan fingerprint density at radius 2 is 1.28 bits per heavy atom. The number of nitrogens with one attached hydrogen (secondary N) is 2. The lowest BCUT2D eigenvalue weighted by Gasteiger charge is -2.18. The quantitative estimate of drug-likeness (QED) is 0.174. The molecule has 2 amide bonds. The van der Waals surface area contributed by atoms with Crippen molar-refractivity contribution in [3.8, 4) is 0 Å². The number of benzene rings is 5. The van der Waals surface area contributed by atoms with Crippen LogP contribution < -0.4 is 10.7 Å². The smallest absolute Gasteiger partial charge is 0.251 e. The van der Waals surface area contributed by atoms with E-state index in [0.29, 0.717) is 5.56 Å². The normalized spacial score (nSPS) is 12.0. The van der Waals surface area contributed by atoms with Gasteiger partial charge in [-0.15, -0.1) is 0 Å². The molecule has 0 bridgehead atoms. The van der Waals surface area contributed by atoms with Crippen molar-refractivity contribution < 1.29 is 9.59 Å². The van der Waals surface area contributed by atoms with Crippen LogP contribution in [0.1, 0.15) is 33.9 Å². The molecule has 5 aromatic carbocycles. The second-order valence-corrected chi connectivity index (χ2v) is 8.53. The number of hydrogen-bond acceptors (Lipinski definition) is 3. The minimum Gasteiger partial charge on any atom is -0.345 e. The number of carbonyl (C=O) groups is 2. The first-order chi connectivity index (χ1) is 17.7. The van der Waals surface area contributed by atoms with Crippen molar-refractivity contribution in [2.24, 2.45) is 5.10 Å². The molecule has 0 fully saturated rings. The summed E-state index contributed by atoms with van der Waals surface area (Å²) in [6.45, 7) is 0. The zero-order chi connectivity index (χ0) is 24.7. The van der Waals surface area contributed by atoms with Crippen molar-refractivity contribution in [2.75, 3.05) is 0 Å². The Balaban J connectivity index is 1.35. The van der Waals surface area contributed by atoms with E-state index in [2.05, 4.69) is 46.2 Å². The first kappa shape index (κ1) is 23.0. The van der Waals surface area contributed by atoms with Gasteiger partial charge in [-0.05, 0) is 45.3 Å². The molecule has 5 heteroatoms. The molecule has 176 valence electrons. The molecule has 0 aromatic heterocycles. The summed E-state index contributed by atoms with van der Waals surface area (Å²) in [5.41, 5.74) is 4.99. The van der Waals surface area contributed by atoms with Crippen LogP contribution in [-0.4, -0.2) is 18.0 Å². The predicted molar refractivity (Wildman–Crippen MR) is 145 cm³/mol. The summed E-state index contributed by atoms with van der Waals surface area (Å²) in [7, 11) is 0. The van der Waals surface area contributed by atoms with Gasteiger partial charge in [0, 0.05) is 11.1 Å². The zero-order valence-corrected chi connectivity index (χ0v) is 19.6. The third kappa shape index (κ3) is 5.15. The van der Waals surface area contributed by atoms with Crippen molar-refractivity contribution in [2.45, 2.75) is 12.5 Å². The molecule has 2 N–H and O–H groups in total. The van der Waals surface area contributed by atoms with Crippen molar-refractivity contribution in [1.29, 1.82) is 0 Å². The van der Waals surface area contributed by atoms with E-state index in [-0.39, 0.29) is 18.2 Å². The number of rotatable bonds is 7. The lowest BCUT2D eigenvalue weighted by atomic mass is 9.97. The SMILES string of the molecule is O=C(C[C@H](NC(=O)c1ccccc1)c1ccccc1)N/N=C\c1c2ccccc2cc2ccccc12. The molecule has 5 rings (SSSR count). The summed E-state index contributed by atoms with van der Waals surface area (Å²) >= 11 is 0. The topological polar surface area (TPSA) is 70.6 Å². The highest BCUT2D eigenvalue weighted by atomic mass is 16.2. The maximum absolute atomic E-state index is 12.9. The van der Waals surface area contributed by atoms with Gasteiger partial charge in [-0.1, -0.05) is 97.1 Å². The van der Waals surface area contributed by atoms with Crippen LogP contribution in [0.5, 0.6) is 0 Å². The van der Waals surface area contributed by atoms with Crippen LogP contribution in [0.2, 0.25) is 0 Å². The number of hydrazone groups is 1. The molecule has 5 aromatic rings. The molecule has 5 nitrogen and oxygen atoms in total. The Morgan fingerprint density at radius 3 is 1.92 bits per heavy atom. The minimum atomic E-state index is -0.493. The lowest BCUT2D eigenvalue weighted by molar-refractivity contribution is -0.121. The molecule has 0 radical (unpaired) electrons. The average Bonchev–Trinajstić information content (AvgIpc) is 2.93. The van der Waals surface area contributed by atoms with Gasteiger partial charge in [0.25, 0.3) is 5.91 Å². The zero-order valence-electron chi connectivity index (χ0n) is 19.6. The van der Waals surface area contributed by atoms with Gasteiger partial charge in [-0.2, -0.15) is 5.10 Å². The van der Waals surface area contributed by atoms with Crippen LogP contribution in [0.15, 0.2) is 120 Å². The fourth-order valence-corrected chi connectivity index (χ4v) is 4.36. The highest BCUT2D eigenvalue weighted by Crippen LogP contribution is 2.27. The fourth-order valence-electron chi connectivity index (χ4n) is 4.36. The summed E-state index contributed by atoms with van der Waals surface area (Å²) in [6, 6.07) is 36.3. The van der Waals surface area contributed by atoms with Gasteiger partial charge >= 0.3 is 0 Å². The van der Waals surface area contributed by atoms with Gasteiger partial charge < -0.3 is 5.32 Å². The summed E-state index contributed by atoms with van der Waals surface area (Å²) in [5, 5.41) is 11.6. The highest BCUT2D eigenvalue weighted by Gasteiger charge is 2.19. The van der Waals surface area contributed by atoms with Crippen LogP contribution in [0.3, 0.4) is 0 Å². The molecule has 0 aliphatic heterocycles. The van der Waals surface area contributed by atoms with Gasteiger partial charge in [-0.25, -0.2) is 5.43 Å². The van der Waals surface area contributed by atoms with Gasteiger partial charge in [-0.3, -0.25) is 9.59 Å². The van der Waals surface area contributed by atoms with E-state index >= 15 is 0 Å². The van der Waals surface area contributed by atoms with E-state index < -0.39 is 6.04 Å². The van der Waals surface area contributed by atoms with Crippen molar-refractivity contribution >= 4 is 39.6 Å². The summed E-state index contributed by atoms with van der Waals surface area (Å²) < 4.78 is 0. The van der Waals surface area contributed by atoms with Crippen molar-refractivity contribution in [3.63, 3.8) is 0 Å². The van der Waals surface area contributed by atoms with Gasteiger partial charge in [0.2, 0.25) is 5.91 Å². The standard InChI is InChI=1S/C31H25N3O2/c35-30(20-29(22-11-3-1-4-12-22)33-31(36)23-13-5-2-6-14-23)34-32-21-28-26-17-9-7-15-24(26)19-25-16-8-10-18-27(25)28/h1-19,21,29H,20H2,(H,33,36)(H,34,35)/b32-21-/t29-/m0/s1. The fraction of sp³-hybridized carbons (Fsp3) is 0.0645. The Hall–Kier alpha value is -4.77. The van der Waals surface area contributed by atoms with E-state index in [0.717, 1.165) is 32.7 Å². The molecular weight excluding hydrogens is 446 g/mol. The van der Waals surface area contributed by atoms with Crippen LogP contribution >= 0.6 is 0 Å². The molecule has 0 saturated carbocycles. The summed E-state index contributed by atoms with van der Waals surface area (Å²) in [4.78, 5) is 25.7. The largest absolute Gasteiger partial charge is 0.345 e. The number of nitrogens with zero attached hydrogens (tertiary/aromatic N) is 1. The van der Waals surface area contributed by atoms with Crippen LogP contribution in [0.25, 0.3) is 21.5 Å². The van der Waals surface area contributed by atoms with Gasteiger partial charge in [0.15, 0.2) is 0 Å². The monoisotopic (exact) mass is 471 g/mol. The van der Waals surface area contributed by atoms with Gasteiger partial charge in [0.1, 0.15) is 0 Å². The third-order valence-corrected chi connectivity index (χ3v) is 6.13.